The van der Waals surface area contributed by atoms with Gasteiger partial charge in [-0.3, -0.25) is 9.48 Å². The summed E-state index contributed by atoms with van der Waals surface area (Å²) in [6.07, 6.45) is 4.55. The third kappa shape index (κ3) is 6.11. The molecule has 1 atom stereocenters. The number of alkyl halides is 4. The summed E-state index contributed by atoms with van der Waals surface area (Å²) in [4.78, 5) is 17.9. The summed E-state index contributed by atoms with van der Waals surface area (Å²) in [5.41, 5.74) is 0.718. The fraction of sp³-hybridized carbons (Fsp3) is 0.273. The third-order valence-electron chi connectivity index (χ3n) is 5.10. The van der Waals surface area contributed by atoms with Crippen molar-refractivity contribution in [1.82, 2.24) is 29.3 Å². The number of halogens is 4. The van der Waals surface area contributed by atoms with E-state index in [-0.39, 0.29) is 51.8 Å². The summed E-state index contributed by atoms with van der Waals surface area (Å²) < 4.78 is 59.6. The predicted molar refractivity (Wildman–Crippen MR) is 126 cm³/mol. The molecule has 0 radical (unpaired) electrons. The van der Waals surface area contributed by atoms with Crippen LogP contribution in [-0.2, 0) is 11.3 Å². The highest BCUT2D eigenvalue weighted by atomic mass is 32.2. The number of rotatable bonds is 10. The minimum Gasteiger partial charge on any atom is -0.434 e. The number of hydrogen-bond donors (Lipinski definition) is 2. The molecule has 0 saturated carbocycles. The van der Waals surface area contributed by atoms with Gasteiger partial charge in [0.25, 0.3) is 5.76 Å². The van der Waals surface area contributed by atoms with E-state index in [1.54, 1.807) is 26.4 Å². The number of thioether (sulfide) groups is 1. The zero-order valence-corrected chi connectivity index (χ0v) is 20.2. The van der Waals surface area contributed by atoms with Crippen LogP contribution in [0.25, 0.3) is 16.9 Å². The second-order valence-corrected chi connectivity index (χ2v) is 8.89. The Balaban J connectivity index is 1.79. The lowest BCUT2D eigenvalue weighted by atomic mass is 10.1. The molecule has 1 aromatic carbocycles. The maximum absolute atomic E-state index is 13.1. The number of carbonyl (C=O) groups is 1. The maximum atomic E-state index is 13.1. The highest BCUT2D eigenvalue weighted by Gasteiger charge is 2.23. The van der Waals surface area contributed by atoms with Gasteiger partial charge in [0.2, 0.25) is 5.91 Å². The van der Waals surface area contributed by atoms with Crippen molar-refractivity contribution in [3.63, 3.8) is 0 Å². The minimum absolute atomic E-state index is 0.0117. The number of fused-ring (bicyclic) bond motifs is 1. The van der Waals surface area contributed by atoms with E-state index in [2.05, 4.69) is 25.2 Å². The average Bonchev–Trinajstić information content (AvgIpc) is 3.43. The lowest BCUT2D eigenvalue weighted by Crippen LogP contribution is -2.26. The van der Waals surface area contributed by atoms with Gasteiger partial charge in [0.05, 0.1) is 17.4 Å². The summed E-state index contributed by atoms with van der Waals surface area (Å²) in [6, 6.07) is 5.23. The van der Waals surface area contributed by atoms with E-state index in [1.807, 2.05) is 0 Å². The van der Waals surface area contributed by atoms with E-state index >= 15 is 0 Å². The van der Waals surface area contributed by atoms with Crippen molar-refractivity contribution in [2.24, 2.45) is 0 Å². The molecule has 0 fully saturated rings. The fourth-order valence-electron chi connectivity index (χ4n) is 3.42. The monoisotopic (exact) mass is 539 g/mol. The second kappa shape index (κ2) is 11.0. The van der Waals surface area contributed by atoms with Crippen molar-refractivity contribution >= 4 is 29.0 Å². The summed E-state index contributed by atoms with van der Waals surface area (Å²) in [7, 11) is 3.10. The van der Waals surface area contributed by atoms with Crippen molar-refractivity contribution < 1.29 is 32.2 Å². The molecule has 4 rings (SSSR count). The molecule has 2 N–H and O–H groups in total. The van der Waals surface area contributed by atoms with E-state index in [4.69, 9.17) is 0 Å². The second-order valence-electron chi connectivity index (χ2n) is 7.83. The lowest BCUT2D eigenvalue weighted by molar-refractivity contribution is -0.129. The van der Waals surface area contributed by atoms with Gasteiger partial charge in [-0.25, -0.2) is 9.50 Å². The molecule has 0 spiro atoms. The molecular formula is C22H21F4N7O3S. The van der Waals surface area contributed by atoms with Crippen LogP contribution in [0.15, 0.2) is 53.9 Å². The zero-order valence-electron chi connectivity index (χ0n) is 19.4. The number of amides is 1. The zero-order chi connectivity index (χ0) is 26.7. The topological polar surface area (TPSA) is 110 Å². The van der Waals surface area contributed by atoms with Gasteiger partial charge in [-0.15, -0.1) is 0 Å². The number of anilines is 1. The van der Waals surface area contributed by atoms with E-state index in [0.29, 0.717) is 11.2 Å². The number of aliphatic hydroxyl groups excluding tert-OH is 1. The van der Waals surface area contributed by atoms with Gasteiger partial charge in [-0.05, 0) is 24.3 Å². The Hall–Kier alpha value is -3.85. The van der Waals surface area contributed by atoms with Gasteiger partial charge in [-0.2, -0.15) is 27.8 Å². The Bertz CT molecular complexity index is 1400. The molecule has 1 unspecified atom stereocenters. The Morgan fingerprint density at radius 2 is 2.05 bits per heavy atom. The number of aromatic nitrogens is 5. The quantitative estimate of drug-likeness (QED) is 0.178. The Morgan fingerprint density at radius 3 is 2.76 bits per heavy atom. The van der Waals surface area contributed by atoms with Crippen LogP contribution in [0.3, 0.4) is 0 Å². The number of carbonyl (C=O) groups excluding carboxylic acids is 1. The van der Waals surface area contributed by atoms with Crippen molar-refractivity contribution in [1.29, 1.82) is 0 Å². The van der Waals surface area contributed by atoms with Crippen LogP contribution >= 0.6 is 11.8 Å². The lowest BCUT2D eigenvalue weighted by Gasteiger charge is -2.15. The molecule has 3 aromatic heterocycles. The predicted octanol–water partition coefficient (Wildman–Crippen LogP) is 3.70. The third-order valence-corrected chi connectivity index (χ3v) is 5.80. The van der Waals surface area contributed by atoms with E-state index in [9.17, 15) is 27.5 Å². The highest BCUT2D eigenvalue weighted by molar-refractivity contribution is 7.99. The van der Waals surface area contributed by atoms with Crippen LogP contribution < -0.4 is 10.1 Å². The van der Waals surface area contributed by atoms with E-state index < -0.39 is 18.6 Å². The first kappa shape index (κ1) is 26.2. The van der Waals surface area contributed by atoms with Gasteiger partial charge in [0.1, 0.15) is 18.0 Å². The van der Waals surface area contributed by atoms with Gasteiger partial charge >= 0.3 is 6.61 Å². The van der Waals surface area contributed by atoms with Crippen LogP contribution in [0.4, 0.5) is 23.2 Å². The van der Waals surface area contributed by atoms with Crippen molar-refractivity contribution in [2.75, 3.05) is 19.4 Å². The first-order chi connectivity index (χ1) is 17.6. The molecule has 4 aromatic rings. The summed E-state index contributed by atoms with van der Waals surface area (Å²) in [5, 5.41) is 22.2. The molecule has 0 aliphatic carbocycles. The van der Waals surface area contributed by atoms with Gasteiger partial charge in [0.15, 0.2) is 11.9 Å². The number of nitrogens with zero attached hydrogens (tertiary/aromatic N) is 6. The Labute approximate surface area is 211 Å². The molecule has 37 heavy (non-hydrogen) atoms. The number of nitrogens with one attached hydrogen (secondary N) is 1. The number of aliphatic hydroxyl groups is 1. The van der Waals surface area contributed by atoms with E-state index in [0.717, 1.165) is 6.07 Å². The SMILES string of the molecule is CN(C)C(=O)Cn1cc(NC(O)c2cnn3cccnc23)c(-c2cc(SC(F)F)ccc2OC(F)F)n1. The molecule has 1 amide bonds. The minimum atomic E-state index is -3.20. The smallest absolute Gasteiger partial charge is 0.387 e. The highest BCUT2D eigenvalue weighted by Crippen LogP contribution is 2.39. The number of ether oxygens (including phenoxy) is 1. The molecular weight excluding hydrogens is 518 g/mol. The standard InChI is InChI=1S/C22H21F4N7O3S/c1-31(2)17(34)11-32-10-15(29-20(35)14-9-28-33-7-3-6-27-19(14)33)18(30-32)13-8-12(37-22(25)26)4-5-16(13)36-21(23)24/h3-10,20-22,29,35H,11H2,1-2H3. The molecule has 0 bridgehead atoms. The van der Waals surface area contributed by atoms with Gasteiger partial charge in [0, 0.05) is 43.1 Å². The molecule has 10 nitrogen and oxygen atoms in total. The van der Waals surface area contributed by atoms with Crippen molar-refractivity contribution in [2.45, 2.75) is 30.0 Å². The van der Waals surface area contributed by atoms with Crippen LogP contribution in [-0.4, -0.2) is 66.8 Å². The normalized spacial score (nSPS) is 12.4. The number of likely N-dealkylation sites (N-methyl/N-ethyl adjacent to an activating group) is 1. The molecule has 0 aliphatic heterocycles. The molecule has 196 valence electrons. The average molecular weight is 540 g/mol. The molecule has 0 saturated heterocycles. The maximum Gasteiger partial charge on any atom is 0.387 e. The van der Waals surface area contributed by atoms with E-state index in [1.165, 1.54) is 44.8 Å². The van der Waals surface area contributed by atoms with Crippen molar-refractivity contribution in [3.8, 4) is 17.0 Å². The summed E-state index contributed by atoms with van der Waals surface area (Å²) in [6.45, 7) is -3.41. The summed E-state index contributed by atoms with van der Waals surface area (Å²) >= 11 is 0.215. The van der Waals surface area contributed by atoms with Crippen LogP contribution in [0.2, 0.25) is 0 Å². The Kier molecular flexibility index (Phi) is 7.83. The van der Waals surface area contributed by atoms with Crippen molar-refractivity contribution in [3.05, 3.63) is 54.6 Å². The van der Waals surface area contributed by atoms with Gasteiger partial charge < -0.3 is 20.1 Å². The Morgan fingerprint density at radius 1 is 1.27 bits per heavy atom. The number of hydrogen-bond acceptors (Lipinski definition) is 8. The molecule has 0 aliphatic rings. The molecule has 15 heteroatoms. The van der Waals surface area contributed by atoms with Crippen LogP contribution in [0, 0.1) is 0 Å². The first-order valence-corrected chi connectivity index (χ1v) is 11.5. The fourth-order valence-corrected chi connectivity index (χ4v) is 3.96. The molecule has 3 heterocycles. The van der Waals surface area contributed by atoms with Crippen LogP contribution in [0.1, 0.15) is 11.8 Å². The first-order valence-electron chi connectivity index (χ1n) is 10.7. The number of benzene rings is 1. The summed E-state index contributed by atoms with van der Waals surface area (Å²) in [5.74, 6) is -3.40. The van der Waals surface area contributed by atoms with Gasteiger partial charge in [-0.1, -0.05) is 11.8 Å². The largest absolute Gasteiger partial charge is 0.434 e. The van der Waals surface area contributed by atoms with Crippen LogP contribution in [0.5, 0.6) is 5.75 Å².